The molecule has 0 spiro atoms. The van der Waals surface area contributed by atoms with Crippen LogP contribution in [-0.2, 0) is 0 Å². The number of primary amides is 1. The first kappa shape index (κ1) is 21.8. The number of benzene rings is 2. The molecule has 6 rings (SSSR count). The molecule has 1 saturated heterocycles. The number of hydrogen-bond acceptors (Lipinski definition) is 4. The highest BCUT2D eigenvalue weighted by Gasteiger charge is 2.24. The van der Waals surface area contributed by atoms with E-state index < -0.39 is 5.91 Å². The van der Waals surface area contributed by atoms with Gasteiger partial charge in [-0.15, -0.1) is 0 Å². The lowest BCUT2D eigenvalue weighted by Crippen LogP contribution is -2.14. The number of carbonyl (C=O) groups is 1. The minimum absolute atomic E-state index is 0.334. The lowest BCUT2D eigenvalue weighted by Gasteiger charge is -2.07. The van der Waals surface area contributed by atoms with Crippen molar-refractivity contribution in [3.05, 3.63) is 72.1 Å². The SMILES string of the molecule is NC(=O)c1[nH]c(C2CCCC2)nc1-c1ccc(-c2ccc(-c3cnc([C@@H]4CCCN4)[nH]3)cc2)cc1. The predicted octanol–water partition coefficient (Wildman–Crippen LogP) is 5.31. The molecule has 178 valence electrons. The van der Waals surface area contributed by atoms with Crippen LogP contribution in [0.1, 0.15) is 72.6 Å². The van der Waals surface area contributed by atoms with Gasteiger partial charge in [0.1, 0.15) is 23.0 Å². The summed E-state index contributed by atoms with van der Waals surface area (Å²) in [6.07, 6.45) is 8.87. The summed E-state index contributed by atoms with van der Waals surface area (Å²) in [4.78, 5) is 28.1. The first-order valence-corrected chi connectivity index (χ1v) is 12.5. The van der Waals surface area contributed by atoms with Crippen LogP contribution in [0.5, 0.6) is 0 Å². The quantitative estimate of drug-likeness (QED) is 0.308. The van der Waals surface area contributed by atoms with Crippen LogP contribution in [-0.4, -0.2) is 32.4 Å². The Labute approximate surface area is 204 Å². The molecule has 1 amide bonds. The molecular weight excluding hydrogens is 436 g/mol. The Morgan fingerprint density at radius 2 is 1.46 bits per heavy atom. The minimum atomic E-state index is -0.470. The molecule has 7 nitrogen and oxygen atoms in total. The van der Waals surface area contributed by atoms with E-state index in [0.29, 0.717) is 23.3 Å². The third-order valence-corrected chi connectivity index (χ3v) is 7.38. The first-order valence-electron chi connectivity index (χ1n) is 12.5. The fourth-order valence-electron chi connectivity index (χ4n) is 5.41. The van der Waals surface area contributed by atoms with E-state index in [4.69, 9.17) is 10.7 Å². The number of nitrogens with one attached hydrogen (secondary N) is 3. The fourth-order valence-corrected chi connectivity index (χ4v) is 5.41. The van der Waals surface area contributed by atoms with Crippen molar-refractivity contribution in [2.24, 2.45) is 5.73 Å². The van der Waals surface area contributed by atoms with Crippen molar-refractivity contribution in [2.75, 3.05) is 6.54 Å². The number of imidazole rings is 2. The Kier molecular flexibility index (Phi) is 5.70. The largest absolute Gasteiger partial charge is 0.364 e. The van der Waals surface area contributed by atoms with E-state index in [1.165, 1.54) is 19.3 Å². The number of aromatic amines is 2. The second-order valence-corrected chi connectivity index (χ2v) is 9.68. The van der Waals surface area contributed by atoms with E-state index in [2.05, 4.69) is 56.7 Å². The van der Waals surface area contributed by atoms with E-state index in [-0.39, 0.29) is 0 Å². The molecule has 1 aliphatic carbocycles. The Morgan fingerprint density at radius 3 is 2.09 bits per heavy atom. The average Bonchev–Trinajstić information content (AvgIpc) is 3.70. The van der Waals surface area contributed by atoms with E-state index in [1.54, 1.807) is 0 Å². The van der Waals surface area contributed by atoms with E-state index in [1.807, 2.05) is 18.3 Å². The zero-order valence-electron chi connectivity index (χ0n) is 19.7. The number of rotatable bonds is 6. The monoisotopic (exact) mass is 466 g/mol. The first-order chi connectivity index (χ1) is 17.2. The number of aromatic nitrogens is 4. The summed E-state index contributed by atoms with van der Waals surface area (Å²) in [6.45, 7) is 1.06. The van der Waals surface area contributed by atoms with Gasteiger partial charge in [-0.1, -0.05) is 61.4 Å². The van der Waals surface area contributed by atoms with Crippen molar-refractivity contribution >= 4 is 5.91 Å². The molecule has 1 saturated carbocycles. The molecule has 1 atom stereocenters. The summed E-state index contributed by atoms with van der Waals surface area (Å²) in [7, 11) is 0. The molecule has 4 aromatic rings. The third-order valence-electron chi connectivity index (χ3n) is 7.38. The highest BCUT2D eigenvalue weighted by atomic mass is 16.1. The predicted molar refractivity (Wildman–Crippen MR) is 137 cm³/mol. The van der Waals surface area contributed by atoms with Crippen LogP contribution in [0.25, 0.3) is 33.6 Å². The van der Waals surface area contributed by atoms with Gasteiger partial charge in [0.05, 0.1) is 17.9 Å². The number of nitrogens with zero attached hydrogens (tertiary/aromatic N) is 2. The summed E-state index contributed by atoms with van der Waals surface area (Å²) < 4.78 is 0. The van der Waals surface area contributed by atoms with Crippen LogP contribution in [0.2, 0.25) is 0 Å². The van der Waals surface area contributed by atoms with Gasteiger partial charge in [0.2, 0.25) is 0 Å². The Balaban J connectivity index is 1.22. The second-order valence-electron chi connectivity index (χ2n) is 9.68. The van der Waals surface area contributed by atoms with Gasteiger partial charge in [-0.05, 0) is 48.9 Å². The molecule has 7 heteroatoms. The van der Waals surface area contributed by atoms with Crippen LogP contribution in [0.4, 0.5) is 0 Å². The van der Waals surface area contributed by atoms with Crippen LogP contribution < -0.4 is 11.1 Å². The molecule has 5 N–H and O–H groups in total. The van der Waals surface area contributed by atoms with Gasteiger partial charge >= 0.3 is 0 Å². The molecule has 2 aromatic heterocycles. The maximum absolute atomic E-state index is 12.1. The standard InChI is InChI=1S/C28H30N6O/c29-26(35)25-24(33-27(34-25)21-4-1-2-5-21)20-13-9-18(10-14-20)17-7-11-19(12-8-17)23-16-31-28(32-23)22-6-3-15-30-22/h7-14,16,21-22,30H,1-6,15H2,(H2,29,35)(H,31,32)(H,33,34)/t22-/m0/s1. The second kappa shape index (κ2) is 9.15. The summed E-state index contributed by atoms with van der Waals surface area (Å²) >= 11 is 0. The third kappa shape index (κ3) is 4.28. The number of H-pyrrole nitrogens is 2. The normalized spacial score (nSPS) is 18.3. The number of nitrogens with two attached hydrogens (primary N) is 1. The van der Waals surface area contributed by atoms with Crippen molar-refractivity contribution in [3.63, 3.8) is 0 Å². The molecule has 0 radical (unpaired) electrons. The number of carbonyl (C=O) groups excluding carboxylic acids is 1. The smallest absolute Gasteiger partial charge is 0.267 e. The van der Waals surface area contributed by atoms with E-state index in [9.17, 15) is 4.79 Å². The molecule has 2 aromatic carbocycles. The highest BCUT2D eigenvalue weighted by molar-refractivity contribution is 5.97. The Morgan fingerprint density at radius 1 is 0.800 bits per heavy atom. The average molecular weight is 467 g/mol. The maximum atomic E-state index is 12.1. The van der Waals surface area contributed by atoms with E-state index >= 15 is 0 Å². The zero-order valence-corrected chi connectivity index (χ0v) is 19.7. The zero-order chi connectivity index (χ0) is 23.8. The molecule has 2 fully saturated rings. The summed E-state index contributed by atoms with van der Waals surface area (Å²) in [6, 6.07) is 17.0. The van der Waals surface area contributed by atoms with E-state index in [0.717, 1.165) is 65.4 Å². The summed E-state index contributed by atoms with van der Waals surface area (Å²) in [5, 5.41) is 3.48. The van der Waals surface area contributed by atoms with Crippen LogP contribution >= 0.6 is 0 Å². The van der Waals surface area contributed by atoms with Crippen molar-refractivity contribution in [1.82, 2.24) is 25.3 Å². The number of amides is 1. The topological polar surface area (TPSA) is 112 Å². The van der Waals surface area contributed by atoms with Crippen LogP contribution in [0.3, 0.4) is 0 Å². The van der Waals surface area contributed by atoms with Crippen molar-refractivity contribution < 1.29 is 4.79 Å². The Hall–Kier alpha value is -3.71. The van der Waals surface area contributed by atoms with Crippen LogP contribution in [0.15, 0.2) is 54.7 Å². The lowest BCUT2D eigenvalue weighted by atomic mass is 10.0. The fraction of sp³-hybridized carbons (Fsp3) is 0.321. The van der Waals surface area contributed by atoms with Crippen molar-refractivity contribution in [2.45, 2.75) is 50.5 Å². The molecule has 2 aliphatic rings. The van der Waals surface area contributed by atoms with Gasteiger partial charge in [-0.2, -0.15) is 0 Å². The summed E-state index contributed by atoms with van der Waals surface area (Å²) in [5.74, 6) is 1.82. The Bertz CT molecular complexity index is 1320. The van der Waals surface area contributed by atoms with Gasteiger partial charge < -0.3 is 21.0 Å². The summed E-state index contributed by atoms with van der Waals surface area (Å²) in [5.41, 5.74) is 12.0. The van der Waals surface area contributed by atoms with Gasteiger partial charge in [0.25, 0.3) is 5.91 Å². The number of hydrogen-bond donors (Lipinski definition) is 4. The molecular formula is C28H30N6O. The molecule has 0 unspecified atom stereocenters. The molecule has 1 aliphatic heterocycles. The molecule has 35 heavy (non-hydrogen) atoms. The van der Waals surface area contributed by atoms with Crippen molar-refractivity contribution in [1.29, 1.82) is 0 Å². The molecule has 0 bridgehead atoms. The van der Waals surface area contributed by atoms with Crippen molar-refractivity contribution in [3.8, 4) is 33.6 Å². The van der Waals surface area contributed by atoms with Gasteiger partial charge in [0, 0.05) is 11.5 Å². The van der Waals surface area contributed by atoms with Gasteiger partial charge in [0.15, 0.2) is 0 Å². The van der Waals surface area contributed by atoms with Gasteiger partial charge in [-0.3, -0.25) is 4.79 Å². The highest BCUT2D eigenvalue weighted by Crippen LogP contribution is 2.35. The maximum Gasteiger partial charge on any atom is 0.267 e. The van der Waals surface area contributed by atoms with Crippen LogP contribution in [0, 0.1) is 0 Å². The van der Waals surface area contributed by atoms with Gasteiger partial charge in [-0.25, -0.2) is 9.97 Å². The lowest BCUT2D eigenvalue weighted by molar-refractivity contribution is 0.0996. The molecule has 3 heterocycles. The minimum Gasteiger partial charge on any atom is -0.364 e.